The third kappa shape index (κ3) is 1650. The molecule has 0 spiro atoms. The molecule has 0 fully saturated rings. The topological polar surface area (TPSA) is 161 Å². The van der Waals surface area contributed by atoms with E-state index in [0.29, 0.717) is 0 Å². The van der Waals surface area contributed by atoms with Gasteiger partial charge in [0.15, 0.2) is 0 Å². The molecule has 0 saturated carbocycles. The van der Waals surface area contributed by atoms with Crippen LogP contribution in [-0.2, 0) is 37.9 Å². The summed E-state index contributed by atoms with van der Waals surface area (Å²) in [5.41, 5.74) is 0. The van der Waals surface area contributed by atoms with Gasteiger partial charge < -0.3 is 18.2 Å². The predicted molar refractivity (Wildman–Crippen MR) is 26.7 cm³/mol. The van der Waals surface area contributed by atoms with Crippen LogP contribution in [0.3, 0.4) is 0 Å². The van der Waals surface area contributed by atoms with Gasteiger partial charge in [-0.25, -0.2) is 0 Å². The Morgan fingerprint density at radius 3 is 0.667 bits per heavy atom. The van der Waals surface area contributed by atoms with Gasteiger partial charge in [-0.05, 0) is 0 Å². The molecule has 0 aliphatic rings. The summed E-state index contributed by atoms with van der Waals surface area (Å²) in [5, 5.41) is 0. The van der Waals surface area contributed by atoms with Crippen LogP contribution in [0.4, 0.5) is 0 Å². The maximum Gasteiger partial charge on any atom is 3.00 e. The van der Waals surface area contributed by atoms with Gasteiger partial charge in [-0.3, -0.25) is 16.8 Å². The largest absolute Gasteiger partial charge is 3.00 e. The zero-order valence-electron chi connectivity index (χ0n) is 4.96. The normalized spacial score (nSPS) is 9.67. The van der Waals surface area contributed by atoms with Gasteiger partial charge in [0.05, 0.1) is 0 Å². The maximum atomic E-state index is 8.52. The standard InChI is InChI=1S/Al.Cu.2H2O4S/c;;2*1-5(2,3)4/h;;2*(H2,1,2,3,4)/q+3;+2;;/p-4. The minimum absolute atomic E-state index is 0. The van der Waals surface area contributed by atoms with Gasteiger partial charge in [-0.15, -0.1) is 0 Å². The van der Waals surface area contributed by atoms with Crippen molar-refractivity contribution in [2.75, 3.05) is 0 Å². The Kier molecular flexibility index (Phi) is 16.1. The summed E-state index contributed by atoms with van der Waals surface area (Å²) in [7, 11) is -10.3. The second-order valence-corrected chi connectivity index (χ2v) is 2.45. The molecule has 0 bridgehead atoms. The van der Waals surface area contributed by atoms with Crippen LogP contribution in [0.15, 0.2) is 0 Å². The molecule has 0 aliphatic heterocycles. The zero-order chi connectivity index (χ0) is 9.00. The van der Waals surface area contributed by atoms with Crippen molar-refractivity contribution in [1.29, 1.82) is 0 Å². The van der Waals surface area contributed by atoms with Crippen LogP contribution in [0, 0.1) is 0 Å². The first-order valence-corrected chi connectivity index (χ1v) is 4.00. The molecule has 0 aromatic rings. The van der Waals surface area contributed by atoms with Crippen LogP contribution in [-0.4, -0.2) is 52.4 Å². The molecule has 1 radical (unpaired) electrons. The van der Waals surface area contributed by atoms with Gasteiger partial charge in [0, 0.05) is 20.8 Å². The average Bonchev–Trinajstić information content (AvgIpc) is 1.12. The van der Waals surface area contributed by atoms with Crippen molar-refractivity contribution in [2.24, 2.45) is 0 Å². The van der Waals surface area contributed by atoms with E-state index in [4.69, 9.17) is 35.0 Å². The molecule has 0 heterocycles. The molecule has 0 N–H and O–H groups in total. The SMILES string of the molecule is O=S(=O)([O-])[O-].O=S(=O)([O-])[O-].[Al+3].[Cu+2]. The van der Waals surface area contributed by atoms with Crippen LogP contribution in [0.1, 0.15) is 0 Å². The van der Waals surface area contributed by atoms with Crippen molar-refractivity contribution >= 4 is 38.2 Å². The van der Waals surface area contributed by atoms with Crippen molar-refractivity contribution in [1.82, 2.24) is 0 Å². The van der Waals surface area contributed by atoms with E-state index in [1.54, 1.807) is 0 Å². The molecule has 12 heavy (non-hydrogen) atoms. The maximum absolute atomic E-state index is 8.52. The molecule has 12 heteroatoms. The predicted octanol–water partition coefficient (Wildman–Crippen LogP) is -3.06. The average molecular weight is 283 g/mol. The van der Waals surface area contributed by atoms with Crippen molar-refractivity contribution in [3.05, 3.63) is 0 Å². The van der Waals surface area contributed by atoms with E-state index in [2.05, 4.69) is 0 Å². The molecule has 0 rings (SSSR count). The number of hydrogen-bond donors (Lipinski definition) is 0. The first-order chi connectivity index (χ1) is 4.00. The first-order valence-electron chi connectivity index (χ1n) is 1.33. The van der Waals surface area contributed by atoms with Gasteiger partial charge in [0.1, 0.15) is 0 Å². The van der Waals surface area contributed by atoms with Crippen LogP contribution >= 0.6 is 0 Å². The molecular weight excluding hydrogens is 283 g/mol. The van der Waals surface area contributed by atoms with Crippen LogP contribution < -0.4 is 0 Å². The Morgan fingerprint density at radius 1 is 0.667 bits per heavy atom. The van der Waals surface area contributed by atoms with E-state index < -0.39 is 20.8 Å². The molecule has 0 aromatic heterocycles. The Hall–Kier alpha value is 0.792. The Morgan fingerprint density at radius 2 is 0.667 bits per heavy atom. The Bertz CT molecular complexity index is 213. The molecule has 0 aromatic carbocycles. The monoisotopic (exact) mass is 282 g/mol. The summed E-state index contributed by atoms with van der Waals surface area (Å²) in [5.74, 6) is 0. The summed E-state index contributed by atoms with van der Waals surface area (Å²) in [4.78, 5) is 0. The van der Waals surface area contributed by atoms with E-state index in [1.165, 1.54) is 0 Å². The molecule has 0 aliphatic carbocycles. The second kappa shape index (κ2) is 8.39. The van der Waals surface area contributed by atoms with Gasteiger partial charge in [0.2, 0.25) is 0 Å². The molecular formula is AlCuO8S2+. The van der Waals surface area contributed by atoms with Crippen LogP contribution in [0.5, 0.6) is 0 Å². The van der Waals surface area contributed by atoms with Gasteiger partial charge in [-0.1, -0.05) is 0 Å². The first kappa shape index (κ1) is 23.0. The minimum atomic E-state index is -5.17. The minimum Gasteiger partial charge on any atom is -0.759 e. The fraction of sp³-hybridized carbons (Fsp3) is 0. The van der Waals surface area contributed by atoms with Crippen LogP contribution in [0.2, 0.25) is 0 Å². The van der Waals surface area contributed by atoms with E-state index in [1.807, 2.05) is 0 Å². The number of hydrogen-bond acceptors (Lipinski definition) is 8. The second-order valence-electron chi connectivity index (χ2n) is 0.816. The zero-order valence-corrected chi connectivity index (χ0v) is 8.69. The van der Waals surface area contributed by atoms with Crippen molar-refractivity contribution in [2.45, 2.75) is 0 Å². The summed E-state index contributed by atoms with van der Waals surface area (Å²) < 4.78 is 68.2. The Balaban J connectivity index is -0.0000000457. The quantitative estimate of drug-likeness (QED) is 0.257. The third-order valence-corrected chi connectivity index (χ3v) is 0. The summed E-state index contributed by atoms with van der Waals surface area (Å²) in [6, 6.07) is 0. The van der Waals surface area contributed by atoms with E-state index in [0.717, 1.165) is 0 Å². The number of rotatable bonds is 0. The fourth-order valence-corrected chi connectivity index (χ4v) is 0. The summed E-state index contributed by atoms with van der Waals surface area (Å²) in [6.45, 7) is 0. The molecule has 0 unspecified atom stereocenters. The molecule has 0 saturated heterocycles. The molecule has 8 nitrogen and oxygen atoms in total. The van der Waals surface area contributed by atoms with Gasteiger partial charge in [0.25, 0.3) is 0 Å². The van der Waals surface area contributed by atoms with Crippen molar-refractivity contribution < 1.29 is 52.1 Å². The smallest absolute Gasteiger partial charge is 0.759 e. The fourth-order valence-electron chi connectivity index (χ4n) is 0. The third-order valence-electron chi connectivity index (χ3n) is 0. The van der Waals surface area contributed by atoms with E-state index in [-0.39, 0.29) is 34.4 Å². The summed E-state index contributed by atoms with van der Waals surface area (Å²) in [6.07, 6.45) is 0. The van der Waals surface area contributed by atoms with Crippen molar-refractivity contribution in [3.63, 3.8) is 0 Å². The summed E-state index contributed by atoms with van der Waals surface area (Å²) >= 11 is 0. The Labute approximate surface area is 90.1 Å². The van der Waals surface area contributed by atoms with Gasteiger partial charge >= 0.3 is 34.4 Å². The van der Waals surface area contributed by atoms with E-state index in [9.17, 15) is 0 Å². The molecule has 0 atom stereocenters. The van der Waals surface area contributed by atoms with Crippen molar-refractivity contribution in [3.8, 4) is 0 Å². The van der Waals surface area contributed by atoms with Crippen LogP contribution in [0.25, 0.3) is 0 Å². The van der Waals surface area contributed by atoms with E-state index >= 15 is 0 Å². The molecule has 73 valence electrons. The molecule has 0 amide bonds. The van der Waals surface area contributed by atoms with Gasteiger partial charge in [-0.2, -0.15) is 0 Å².